The molecule has 1 fully saturated rings. The standard InChI is InChI=1S/C23H23N5O5/c1-3-14-5-11-17(12-6-14)28-21(30)19-20(22(28)31)27(26-25-19)13-18(29)24-16-9-7-15(8-10-16)23(32)33-4-2/h5-12,19-20H,3-4,13H2,1-2H3,(H,24,29). The second-order valence-electron chi connectivity index (χ2n) is 7.57. The van der Waals surface area contributed by atoms with Crippen LogP contribution in [0.2, 0.25) is 0 Å². The van der Waals surface area contributed by atoms with E-state index in [1.165, 1.54) is 5.01 Å². The molecule has 4 rings (SSSR count). The van der Waals surface area contributed by atoms with E-state index in [0.717, 1.165) is 16.9 Å². The van der Waals surface area contributed by atoms with Crippen molar-refractivity contribution < 1.29 is 23.9 Å². The molecule has 2 aliphatic heterocycles. The van der Waals surface area contributed by atoms with Gasteiger partial charge in [0.05, 0.1) is 17.9 Å². The number of nitrogens with zero attached hydrogens (tertiary/aromatic N) is 4. The number of carbonyl (C=O) groups excluding carboxylic acids is 4. The molecule has 2 heterocycles. The molecule has 2 aromatic carbocycles. The zero-order valence-electron chi connectivity index (χ0n) is 18.2. The summed E-state index contributed by atoms with van der Waals surface area (Å²) >= 11 is 0. The number of esters is 1. The van der Waals surface area contributed by atoms with E-state index in [-0.39, 0.29) is 13.2 Å². The van der Waals surface area contributed by atoms with Crippen LogP contribution in [0.1, 0.15) is 29.8 Å². The highest BCUT2D eigenvalue weighted by Gasteiger charge is 2.55. The van der Waals surface area contributed by atoms with Gasteiger partial charge in [-0.15, -0.1) is 0 Å². The van der Waals surface area contributed by atoms with Crippen molar-refractivity contribution in [3.63, 3.8) is 0 Å². The number of rotatable bonds is 7. The minimum Gasteiger partial charge on any atom is -0.462 e. The number of anilines is 2. The van der Waals surface area contributed by atoms with Crippen molar-refractivity contribution in [2.45, 2.75) is 32.4 Å². The van der Waals surface area contributed by atoms with Crippen LogP contribution in [-0.2, 0) is 25.5 Å². The largest absolute Gasteiger partial charge is 0.462 e. The Morgan fingerprint density at radius 2 is 1.70 bits per heavy atom. The normalized spacial score (nSPS) is 19.1. The van der Waals surface area contributed by atoms with Crippen LogP contribution in [0.5, 0.6) is 0 Å². The summed E-state index contributed by atoms with van der Waals surface area (Å²) in [6, 6.07) is 11.5. The van der Waals surface area contributed by atoms with E-state index in [1.54, 1.807) is 43.3 Å². The summed E-state index contributed by atoms with van der Waals surface area (Å²) in [5, 5.41) is 11.7. The first kappa shape index (κ1) is 22.1. The number of aryl methyl sites for hydroxylation is 1. The van der Waals surface area contributed by atoms with E-state index in [1.807, 2.05) is 19.1 Å². The van der Waals surface area contributed by atoms with E-state index in [2.05, 4.69) is 15.7 Å². The molecule has 10 nitrogen and oxygen atoms in total. The Morgan fingerprint density at radius 3 is 2.33 bits per heavy atom. The Kier molecular flexibility index (Phi) is 6.16. The predicted octanol–water partition coefficient (Wildman–Crippen LogP) is 2.36. The number of nitrogens with one attached hydrogen (secondary N) is 1. The number of ether oxygens (including phenoxy) is 1. The molecule has 0 saturated carbocycles. The fourth-order valence-electron chi connectivity index (χ4n) is 3.74. The third-order valence-electron chi connectivity index (χ3n) is 5.45. The molecule has 33 heavy (non-hydrogen) atoms. The number of carbonyl (C=O) groups is 4. The molecule has 0 bridgehead atoms. The highest BCUT2D eigenvalue weighted by atomic mass is 16.5. The number of benzene rings is 2. The molecular weight excluding hydrogens is 426 g/mol. The minimum absolute atomic E-state index is 0.258. The summed E-state index contributed by atoms with van der Waals surface area (Å²) in [4.78, 5) is 51.2. The molecule has 1 saturated heterocycles. The van der Waals surface area contributed by atoms with E-state index in [4.69, 9.17) is 4.74 Å². The van der Waals surface area contributed by atoms with Gasteiger partial charge in [-0.05, 0) is 55.3 Å². The fraction of sp³-hybridized carbons (Fsp3) is 0.304. The van der Waals surface area contributed by atoms with Crippen molar-refractivity contribution in [3.8, 4) is 0 Å². The maximum Gasteiger partial charge on any atom is 0.338 e. The van der Waals surface area contributed by atoms with Crippen molar-refractivity contribution in [2.24, 2.45) is 10.3 Å². The summed E-state index contributed by atoms with van der Waals surface area (Å²) in [6.07, 6.45) is 0.843. The third-order valence-corrected chi connectivity index (χ3v) is 5.45. The fourth-order valence-corrected chi connectivity index (χ4v) is 3.74. The average molecular weight is 449 g/mol. The molecule has 0 spiro atoms. The summed E-state index contributed by atoms with van der Waals surface area (Å²) < 4.78 is 4.93. The van der Waals surface area contributed by atoms with E-state index >= 15 is 0 Å². The maximum absolute atomic E-state index is 13.0. The molecule has 0 radical (unpaired) electrons. The third kappa shape index (κ3) is 4.32. The quantitative estimate of drug-likeness (QED) is 0.512. The topological polar surface area (TPSA) is 121 Å². The molecule has 3 amide bonds. The number of hydrogen-bond acceptors (Lipinski definition) is 8. The van der Waals surface area contributed by atoms with Crippen LogP contribution in [0.3, 0.4) is 0 Å². The molecule has 0 aromatic heterocycles. The Hall–Kier alpha value is -4.08. The molecule has 2 atom stereocenters. The van der Waals surface area contributed by atoms with Gasteiger partial charge in [-0.3, -0.25) is 19.4 Å². The van der Waals surface area contributed by atoms with Crippen LogP contribution >= 0.6 is 0 Å². The van der Waals surface area contributed by atoms with Gasteiger partial charge < -0.3 is 10.1 Å². The number of amides is 3. The van der Waals surface area contributed by atoms with Crippen LogP contribution in [0.4, 0.5) is 11.4 Å². The lowest BCUT2D eigenvalue weighted by Gasteiger charge is -2.20. The predicted molar refractivity (Wildman–Crippen MR) is 118 cm³/mol. The highest BCUT2D eigenvalue weighted by Crippen LogP contribution is 2.32. The van der Waals surface area contributed by atoms with Gasteiger partial charge in [0.1, 0.15) is 6.54 Å². The first-order valence-electron chi connectivity index (χ1n) is 10.6. The van der Waals surface area contributed by atoms with Crippen LogP contribution in [0.15, 0.2) is 58.9 Å². The van der Waals surface area contributed by atoms with Crippen LogP contribution in [0, 0.1) is 0 Å². The Labute approximate surface area is 190 Å². The van der Waals surface area contributed by atoms with Crippen LogP contribution in [-0.4, -0.2) is 53.9 Å². The Bertz CT molecular complexity index is 1110. The molecular formula is C23H23N5O5. The molecule has 1 N–H and O–H groups in total. The average Bonchev–Trinajstić information content (AvgIpc) is 3.33. The van der Waals surface area contributed by atoms with Gasteiger partial charge in [0.25, 0.3) is 11.8 Å². The number of imide groups is 1. The van der Waals surface area contributed by atoms with Crippen LogP contribution in [0.25, 0.3) is 0 Å². The van der Waals surface area contributed by atoms with Crippen molar-refractivity contribution in [2.75, 3.05) is 23.4 Å². The van der Waals surface area contributed by atoms with Crippen molar-refractivity contribution in [3.05, 3.63) is 59.7 Å². The highest BCUT2D eigenvalue weighted by molar-refractivity contribution is 6.25. The van der Waals surface area contributed by atoms with Crippen molar-refractivity contribution in [1.29, 1.82) is 0 Å². The number of fused-ring (bicyclic) bond motifs is 1. The van der Waals surface area contributed by atoms with Crippen LogP contribution < -0.4 is 10.2 Å². The number of hydrogen-bond donors (Lipinski definition) is 1. The van der Waals surface area contributed by atoms with Gasteiger partial charge in [-0.2, -0.15) is 5.11 Å². The lowest BCUT2D eigenvalue weighted by molar-refractivity contribution is -0.123. The first-order chi connectivity index (χ1) is 15.9. The minimum atomic E-state index is -0.972. The van der Waals surface area contributed by atoms with Gasteiger partial charge in [-0.25, -0.2) is 9.69 Å². The molecule has 0 aliphatic carbocycles. The lowest BCUT2D eigenvalue weighted by Crippen LogP contribution is -2.43. The summed E-state index contributed by atoms with van der Waals surface area (Å²) in [5.74, 6) is -1.82. The van der Waals surface area contributed by atoms with Crippen molar-refractivity contribution in [1.82, 2.24) is 5.01 Å². The summed E-state index contributed by atoms with van der Waals surface area (Å²) in [7, 11) is 0. The zero-order valence-corrected chi connectivity index (χ0v) is 18.2. The van der Waals surface area contributed by atoms with Crippen molar-refractivity contribution >= 4 is 35.1 Å². The smallest absolute Gasteiger partial charge is 0.338 e. The second-order valence-corrected chi connectivity index (χ2v) is 7.57. The van der Waals surface area contributed by atoms with Gasteiger partial charge in [0, 0.05) is 5.69 Å². The second kappa shape index (κ2) is 9.19. The first-order valence-corrected chi connectivity index (χ1v) is 10.6. The zero-order chi connectivity index (χ0) is 23.5. The molecule has 170 valence electrons. The van der Waals surface area contributed by atoms with Gasteiger partial charge in [-0.1, -0.05) is 24.3 Å². The molecule has 2 aromatic rings. The lowest BCUT2D eigenvalue weighted by atomic mass is 10.1. The Balaban J connectivity index is 1.41. The summed E-state index contributed by atoms with van der Waals surface area (Å²) in [6.45, 7) is 3.75. The van der Waals surface area contributed by atoms with Gasteiger partial charge in [0.15, 0.2) is 12.1 Å². The van der Waals surface area contributed by atoms with Gasteiger partial charge in [0.2, 0.25) is 5.91 Å². The van der Waals surface area contributed by atoms with E-state index in [0.29, 0.717) is 16.9 Å². The van der Waals surface area contributed by atoms with Gasteiger partial charge >= 0.3 is 5.97 Å². The van der Waals surface area contributed by atoms with E-state index < -0.39 is 35.8 Å². The molecule has 2 unspecified atom stereocenters. The summed E-state index contributed by atoms with van der Waals surface area (Å²) in [5.41, 5.74) is 2.39. The monoisotopic (exact) mass is 449 g/mol. The SMILES string of the molecule is CCOC(=O)c1ccc(NC(=O)CN2N=NC3C(=O)N(c4ccc(CC)cc4)C(=O)C32)cc1. The molecule has 10 heteroatoms. The van der Waals surface area contributed by atoms with E-state index in [9.17, 15) is 19.2 Å². The molecule has 2 aliphatic rings. The maximum atomic E-state index is 13.0. The Morgan fingerprint density at radius 1 is 1.00 bits per heavy atom.